The highest BCUT2D eigenvalue weighted by Gasteiger charge is 1.99. The van der Waals surface area contributed by atoms with E-state index >= 15 is 0 Å². The van der Waals surface area contributed by atoms with Crippen molar-refractivity contribution in [2.45, 2.75) is 6.61 Å². The van der Waals surface area contributed by atoms with Crippen LogP contribution in [0.2, 0.25) is 0 Å². The van der Waals surface area contributed by atoms with Gasteiger partial charge in [0.05, 0.1) is 12.8 Å². The van der Waals surface area contributed by atoms with Crippen LogP contribution in [0.25, 0.3) is 0 Å². The van der Waals surface area contributed by atoms with Crippen LogP contribution in [-0.2, 0) is 6.61 Å². The average Bonchev–Trinajstić information content (AvgIpc) is 1.94. The van der Waals surface area contributed by atoms with Crippen LogP contribution >= 0.6 is 22.6 Å². The lowest BCUT2D eigenvalue weighted by Crippen LogP contribution is -1.92. The van der Waals surface area contributed by atoms with Crippen molar-refractivity contribution in [2.24, 2.45) is 0 Å². The Labute approximate surface area is 71.2 Å². The molecule has 0 aliphatic heterocycles. The topological polar surface area (TPSA) is 33.1 Å². The fourth-order valence-electron chi connectivity index (χ4n) is 0.575. The first-order valence-electron chi connectivity index (χ1n) is 2.65. The summed E-state index contributed by atoms with van der Waals surface area (Å²) < 4.78 is 13.0. The quantitative estimate of drug-likeness (QED) is 0.604. The molecule has 1 aromatic rings. The summed E-state index contributed by atoms with van der Waals surface area (Å²) in [6, 6.07) is 1.27. The molecule has 0 fully saturated rings. The molecule has 0 atom stereocenters. The molecule has 0 amide bonds. The average molecular weight is 253 g/mol. The van der Waals surface area contributed by atoms with E-state index in [0.717, 1.165) is 6.20 Å². The summed E-state index contributed by atoms with van der Waals surface area (Å²) in [4.78, 5) is 3.70. The third-order valence-corrected chi connectivity index (χ3v) is 2.02. The Balaban J connectivity index is 3.09. The summed E-state index contributed by atoms with van der Waals surface area (Å²) in [5.41, 5.74) is 0.528. The number of pyridine rings is 1. The standard InChI is InChI=1S/C6H5FINO/c7-5-1-4(3-10)6(8)9-2-5/h1-2,10H,3H2. The van der Waals surface area contributed by atoms with Gasteiger partial charge >= 0.3 is 0 Å². The maximum absolute atomic E-state index is 12.4. The van der Waals surface area contributed by atoms with Gasteiger partial charge < -0.3 is 5.11 Å². The number of rotatable bonds is 1. The highest BCUT2D eigenvalue weighted by atomic mass is 127. The third kappa shape index (κ3) is 1.63. The van der Waals surface area contributed by atoms with Gasteiger partial charge in [0.2, 0.25) is 0 Å². The van der Waals surface area contributed by atoms with Crippen LogP contribution in [0.5, 0.6) is 0 Å². The second-order valence-corrected chi connectivity index (χ2v) is 2.78. The molecule has 1 aromatic heterocycles. The normalized spacial score (nSPS) is 9.90. The van der Waals surface area contributed by atoms with E-state index in [2.05, 4.69) is 4.98 Å². The zero-order valence-corrected chi connectivity index (χ0v) is 7.17. The maximum atomic E-state index is 12.4. The second-order valence-electron chi connectivity index (χ2n) is 1.76. The Hall–Kier alpha value is -0.230. The Kier molecular flexibility index (Phi) is 2.56. The van der Waals surface area contributed by atoms with Crippen molar-refractivity contribution in [3.05, 3.63) is 27.3 Å². The number of hydrogen-bond donors (Lipinski definition) is 1. The molecule has 1 N–H and O–H groups in total. The molecule has 0 unspecified atom stereocenters. The van der Waals surface area contributed by atoms with Gasteiger partial charge in [0.15, 0.2) is 0 Å². The molecule has 0 aromatic carbocycles. The summed E-state index contributed by atoms with van der Waals surface area (Å²) in [5.74, 6) is -0.413. The molecule has 0 bridgehead atoms. The van der Waals surface area contributed by atoms with E-state index in [1.165, 1.54) is 6.07 Å². The highest BCUT2D eigenvalue weighted by molar-refractivity contribution is 14.1. The molecule has 0 radical (unpaired) electrons. The van der Waals surface area contributed by atoms with E-state index in [1.54, 1.807) is 0 Å². The van der Waals surface area contributed by atoms with Crippen molar-refractivity contribution in [2.75, 3.05) is 0 Å². The van der Waals surface area contributed by atoms with Crippen LogP contribution in [-0.4, -0.2) is 10.1 Å². The molecule has 0 saturated carbocycles. The molecular formula is C6H5FINO. The lowest BCUT2D eigenvalue weighted by Gasteiger charge is -1.97. The first-order valence-corrected chi connectivity index (χ1v) is 3.72. The molecule has 0 aliphatic carbocycles. The first-order chi connectivity index (χ1) is 4.74. The van der Waals surface area contributed by atoms with Gasteiger partial charge in [0, 0.05) is 5.56 Å². The van der Waals surface area contributed by atoms with Crippen molar-refractivity contribution in [1.29, 1.82) is 0 Å². The van der Waals surface area contributed by atoms with E-state index in [-0.39, 0.29) is 6.61 Å². The fraction of sp³-hybridized carbons (Fsp3) is 0.167. The Bertz CT molecular complexity index is 241. The molecule has 1 heterocycles. The van der Waals surface area contributed by atoms with E-state index in [4.69, 9.17) is 5.11 Å². The minimum Gasteiger partial charge on any atom is -0.392 e. The Morgan fingerprint density at radius 1 is 1.70 bits per heavy atom. The molecule has 0 aliphatic rings. The van der Waals surface area contributed by atoms with Gasteiger partial charge in [0.1, 0.15) is 9.52 Å². The van der Waals surface area contributed by atoms with Gasteiger partial charge in [-0.05, 0) is 28.7 Å². The second kappa shape index (κ2) is 3.25. The smallest absolute Gasteiger partial charge is 0.141 e. The van der Waals surface area contributed by atoms with Crippen molar-refractivity contribution in [3.8, 4) is 0 Å². The number of aliphatic hydroxyl groups excluding tert-OH is 1. The van der Waals surface area contributed by atoms with Crippen molar-refractivity contribution in [3.63, 3.8) is 0 Å². The maximum Gasteiger partial charge on any atom is 0.141 e. The van der Waals surface area contributed by atoms with Crippen molar-refractivity contribution in [1.82, 2.24) is 4.98 Å². The van der Waals surface area contributed by atoms with E-state index in [1.807, 2.05) is 22.6 Å². The predicted molar refractivity (Wildman–Crippen MR) is 42.8 cm³/mol. The molecule has 0 saturated heterocycles. The van der Waals surface area contributed by atoms with Crippen LogP contribution in [0, 0.1) is 9.52 Å². The van der Waals surface area contributed by atoms with E-state index in [9.17, 15) is 4.39 Å². The van der Waals surface area contributed by atoms with Crippen LogP contribution in [0.15, 0.2) is 12.3 Å². The molecule has 0 spiro atoms. The number of aromatic nitrogens is 1. The number of halogens is 2. The molecule has 4 heteroatoms. The van der Waals surface area contributed by atoms with Crippen molar-refractivity contribution >= 4 is 22.6 Å². The first kappa shape index (κ1) is 7.87. The Morgan fingerprint density at radius 3 is 2.90 bits per heavy atom. The van der Waals surface area contributed by atoms with Gasteiger partial charge in [-0.3, -0.25) is 0 Å². The minimum absolute atomic E-state index is 0.164. The lowest BCUT2D eigenvalue weighted by atomic mass is 10.3. The molecule has 2 nitrogen and oxygen atoms in total. The van der Waals surface area contributed by atoms with Gasteiger partial charge in [0.25, 0.3) is 0 Å². The zero-order valence-electron chi connectivity index (χ0n) is 5.01. The van der Waals surface area contributed by atoms with Crippen molar-refractivity contribution < 1.29 is 9.50 Å². The predicted octanol–water partition coefficient (Wildman–Crippen LogP) is 1.32. The van der Waals surface area contributed by atoms with Gasteiger partial charge in [-0.15, -0.1) is 0 Å². The summed E-state index contributed by atoms with van der Waals surface area (Å²) in [7, 11) is 0. The lowest BCUT2D eigenvalue weighted by molar-refractivity contribution is 0.279. The Morgan fingerprint density at radius 2 is 2.40 bits per heavy atom. The number of hydrogen-bond acceptors (Lipinski definition) is 2. The van der Waals surface area contributed by atoms with Gasteiger partial charge in [-0.25, -0.2) is 9.37 Å². The number of nitrogens with zero attached hydrogens (tertiary/aromatic N) is 1. The molecule has 10 heavy (non-hydrogen) atoms. The SMILES string of the molecule is OCc1cc(F)cnc1I. The monoisotopic (exact) mass is 253 g/mol. The summed E-state index contributed by atoms with van der Waals surface area (Å²) in [5, 5.41) is 8.63. The third-order valence-electron chi connectivity index (χ3n) is 1.05. The van der Waals surface area contributed by atoms with E-state index < -0.39 is 5.82 Å². The van der Waals surface area contributed by atoms with Crippen LogP contribution < -0.4 is 0 Å². The van der Waals surface area contributed by atoms with Crippen LogP contribution in [0.4, 0.5) is 4.39 Å². The van der Waals surface area contributed by atoms with Crippen LogP contribution in [0.1, 0.15) is 5.56 Å². The van der Waals surface area contributed by atoms with Gasteiger partial charge in [-0.1, -0.05) is 0 Å². The van der Waals surface area contributed by atoms with E-state index in [0.29, 0.717) is 9.26 Å². The fourth-order valence-corrected chi connectivity index (χ4v) is 1.04. The summed E-state index contributed by atoms with van der Waals surface area (Å²) >= 11 is 1.94. The minimum atomic E-state index is -0.413. The molecular weight excluding hydrogens is 248 g/mol. The summed E-state index contributed by atoms with van der Waals surface area (Å²) in [6.07, 6.45) is 1.13. The largest absolute Gasteiger partial charge is 0.392 e. The highest BCUT2D eigenvalue weighted by Crippen LogP contribution is 2.09. The zero-order chi connectivity index (χ0) is 7.56. The summed E-state index contributed by atoms with van der Waals surface area (Å²) in [6.45, 7) is -0.164. The molecule has 54 valence electrons. The number of aliphatic hydroxyl groups is 1. The molecule has 1 rings (SSSR count). The van der Waals surface area contributed by atoms with Gasteiger partial charge in [-0.2, -0.15) is 0 Å². The van der Waals surface area contributed by atoms with Crippen LogP contribution in [0.3, 0.4) is 0 Å².